The molecule has 0 bridgehead atoms. The third-order valence-electron chi connectivity index (χ3n) is 2.87. The molecular formula is C14H19N3S. The van der Waals surface area contributed by atoms with Crippen LogP contribution in [0.2, 0.25) is 0 Å². The summed E-state index contributed by atoms with van der Waals surface area (Å²) in [6.07, 6.45) is 2.74. The van der Waals surface area contributed by atoms with Crippen LogP contribution in [0.25, 0.3) is 11.0 Å². The van der Waals surface area contributed by atoms with Crippen LogP contribution in [0.15, 0.2) is 24.4 Å². The molecule has 2 heterocycles. The van der Waals surface area contributed by atoms with Crippen molar-refractivity contribution in [1.82, 2.24) is 9.66 Å². The second kappa shape index (κ2) is 5.48. The average Bonchev–Trinajstić information content (AvgIpc) is 2.36. The van der Waals surface area contributed by atoms with Crippen LogP contribution in [0.4, 0.5) is 0 Å². The van der Waals surface area contributed by atoms with E-state index in [4.69, 9.17) is 12.2 Å². The van der Waals surface area contributed by atoms with Gasteiger partial charge in [0.15, 0.2) is 5.65 Å². The highest BCUT2D eigenvalue weighted by molar-refractivity contribution is 7.71. The number of fused-ring (bicyclic) bond motifs is 1. The number of pyridine rings is 2. The highest BCUT2D eigenvalue weighted by Crippen LogP contribution is 2.15. The second-order valence-electron chi connectivity index (χ2n) is 4.84. The maximum absolute atomic E-state index is 5.53. The molecule has 0 aliphatic carbocycles. The number of aryl methyl sites for hydroxylation is 1. The number of rotatable bonds is 4. The second-order valence-corrected chi connectivity index (χ2v) is 5.22. The third-order valence-corrected chi connectivity index (χ3v) is 3.32. The van der Waals surface area contributed by atoms with Crippen LogP contribution in [0, 0.1) is 10.6 Å². The fourth-order valence-electron chi connectivity index (χ4n) is 1.87. The highest BCUT2D eigenvalue weighted by atomic mass is 32.1. The van der Waals surface area contributed by atoms with Crippen molar-refractivity contribution in [1.29, 1.82) is 0 Å². The molecule has 18 heavy (non-hydrogen) atoms. The smallest absolute Gasteiger partial charge is 0.159 e. The van der Waals surface area contributed by atoms with Crippen molar-refractivity contribution in [2.24, 2.45) is 5.92 Å². The predicted octanol–water partition coefficient (Wildman–Crippen LogP) is 3.53. The fourth-order valence-corrected chi connectivity index (χ4v) is 2.23. The molecule has 0 unspecified atom stereocenters. The lowest BCUT2D eigenvalue weighted by atomic mass is 10.2. The molecule has 0 aromatic carbocycles. The van der Waals surface area contributed by atoms with Crippen molar-refractivity contribution >= 4 is 23.3 Å². The lowest BCUT2D eigenvalue weighted by Crippen LogP contribution is -2.22. The maximum Gasteiger partial charge on any atom is 0.159 e. The van der Waals surface area contributed by atoms with Gasteiger partial charge in [0, 0.05) is 18.1 Å². The number of hydrogen-bond donors (Lipinski definition) is 1. The van der Waals surface area contributed by atoms with Gasteiger partial charge in [-0.2, -0.15) is 0 Å². The van der Waals surface area contributed by atoms with E-state index in [1.807, 2.05) is 10.7 Å². The summed E-state index contributed by atoms with van der Waals surface area (Å²) in [5.74, 6) is 0.566. The Labute approximate surface area is 113 Å². The molecule has 2 aromatic rings. The molecule has 0 aliphatic rings. The molecular weight excluding hydrogens is 242 g/mol. The van der Waals surface area contributed by atoms with Gasteiger partial charge in [-0.3, -0.25) is 0 Å². The monoisotopic (exact) mass is 261 g/mol. The first-order valence-electron chi connectivity index (χ1n) is 6.37. The van der Waals surface area contributed by atoms with E-state index < -0.39 is 0 Å². The summed E-state index contributed by atoms with van der Waals surface area (Å²) in [4.78, 5) is 4.43. The van der Waals surface area contributed by atoms with Gasteiger partial charge in [0.05, 0.1) is 0 Å². The maximum atomic E-state index is 5.53. The molecule has 0 spiro atoms. The number of hydrogen-bond acceptors (Lipinski definition) is 3. The van der Waals surface area contributed by atoms with Crippen molar-refractivity contribution < 1.29 is 0 Å². The molecule has 2 rings (SSSR count). The van der Waals surface area contributed by atoms with Crippen molar-refractivity contribution in [2.45, 2.75) is 27.2 Å². The van der Waals surface area contributed by atoms with Gasteiger partial charge in [0.25, 0.3) is 0 Å². The van der Waals surface area contributed by atoms with Crippen molar-refractivity contribution in [3.05, 3.63) is 34.6 Å². The van der Waals surface area contributed by atoms with E-state index >= 15 is 0 Å². The van der Waals surface area contributed by atoms with Gasteiger partial charge in [-0.15, -0.1) is 0 Å². The van der Waals surface area contributed by atoms with Crippen molar-refractivity contribution in [2.75, 3.05) is 12.0 Å². The molecule has 0 radical (unpaired) electrons. The molecule has 0 amide bonds. The normalized spacial score (nSPS) is 11.1. The Morgan fingerprint density at radius 3 is 2.89 bits per heavy atom. The fraction of sp³-hybridized carbons (Fsp3) is 0.429. The Balaban J connectivity index is 2.59. The van der Waals surface area contributed by atoms with Gasteiger partial charge in [-0.1, -0.05) is 33.0 Å². The molecule has 1 N–H and O–H groups in total. The largest absolute Gasteiger partial charge is 0.323 e. The van der Waals surface area contributed by atoms with Gasteiger partial charge in [0.1, 0.15) is 4.64 Å². The van der Waals surface area contributed by atoms with Gasteiger partial charge >= 0.3 is 0 Å². The predicted molar refractivity (Wildman–Crippen MR) is 79.0 cm³/mol. The molecule has 3 nitrogen and oxygen atoms in total. The molecule has 0 aliphatic heterocycles. The summed E-state index contributed by atoms with van der Waals surface area (Å²) < 4.78 is 2.79. The first-order valence-corrected chi connectivity index (χ1v) is 6.77. The zero-order chi connectivity index (χ0) is 13.1. The number of nitrogens with one attached hydrogen (secondary N) is 1. The van der Waals surface area contributed by atoms with Crippen LogP contribution >= 0.6 is 12.2 Å². The van der Waals surface area contributed by atoms with Crippen LogP contribution in [-0.2, 0) is 6.42 Å². The first kappa shape index (κ1) is 13.0. The molecule has 0 fully saturated rings. The summed E-state index contributed by atoms with van der Waals surface area (Å²) in [6, 6.07) is 6.17. The van der Waals surface area contributed by atoms with Crippen LogP contribution in [0.3, 0.4) is 0 Å². The Bertz CT molecular complexity index is 602. The molecule has 96 valence electrons. The third kappa shape index (κ3) is 2.53. The SMILES string of the molecule is CCc1cc2cccnc2n(NCC(C)C)c1=S. The van der Waals surface area contributed by atoms with Crippen molar-refractivity contribution in [3.8, 4) is 0 Å². The van der Waals surface area contributed by atoms with E-state index in [0.29, 0.717) is 5.92 Å². The van der Waals surface area contributed by atoms with Crippen LogP contribution in [0.5, 0.6) is 0 Å². The Morgan fingerprint density at radius 2 is 2.22 bits per heavy atom. The van der Waals surface area contributed by atoms with Gasteiger partial charge in [-0.05, 0) is 36.1 Å². The van der Waals surface area contributed by atoms with E-state index in [9.17, 15) is 0 Å². The van der Waals surface area contributed by atoms with Gasteiger partial charge < -0.3 is 5.43 Å². The van der Waals surface area contributed by atoms with Gasteiger partial charge in [-0.25, -0.2) is 9.66 Å². The quantitative estimate of drug-likeness (QED) is 0.854. The van der Waals surface area contributed by atoms with Crippen LogP contribution < -0.4 is 5.43 Å². The topological polar surface area (TPSA) is 29.9 Å². The molecule has 0 atom stereocenters. The summed E-state index contributed by atoms with van der Waals surface area (Å²) in [5, 5.41) is 1.12. The number of nitrogens with zero attached hydrogens (tertiary/aromatic N) is 2. The lowest BCUT2D eigenvalue weighted by Gasteiger charge is -2.16. The van der Waals surface area contributed by atoms with Crippen molar-refractivity contribution in [3.63, 3.8) is 0 Å². The zero-order valence-electron chi connectivity index (χ0n) is 11.1. The Morgan fingerprint density at radius 1 is 1.44 bits per heavy atom. The molecule has 0 saturated carbocycles. The summed E-state index contributed by atoms with van der Waals surface area (Å²) in [5.41, 5.74) is 5.47. The molecule has 2 aromatic heterocycles. The van der Waals surface area contributed by atoms with E-state index in [1.165, 1.54) is 5.56 Å². The first-order chi connectivity index (χ1) is 8.63. The molecule has 0 saturated heterocycles. The van der Waals surface area contributed by atoms with E-state index in [-0.39, 0.29) is 0 Å². The Hall–Kier alpha value is -1.42. The lowest BCUT2D eigenvalue weighted by molar-refractivity contribution is 0.641. The highest BCUT2D eigenvalue weighted by Gasteiger charge is 2.06. The van der Waals surface area contributed by atoms with E-state index in [2.05, 4.69) is 43.3 Å². The summed E-state index contributed by atoms with van der Waals surface area (Å²) in [7, 11) is 0. The minimum absolute atomic E-state index is 0.566. The zero-order valence-corrected chi connectivity index (χ0v) is 11.9. The number of aromatic nitrogens is 2. The minimum Gasteiger partial charge on any atom is -0.323 e. The van der Waals surface area contributed by atoms with E-state index in [1.54, 1.807) is 6.20 Å². The summed E-state index contributed by atoms with van der Waals surface area (Å²) >= 11 is 5.53. The Kier molecular flexibility index (Phi) is 3.97. The minimum atomic E-state index is 0.566. The van der Waals surface area contributed by atoms with Crippen LogP contribution in [-0.4, -0.2) is 16.2 Å². The van der Waals surface area contributed by atoms with E-state index in [0.717, 1.165) is 28.6 Å². The summed E-state index contributed by atoms with van der Waals surface area (Å²) in [6.45, 7) is 7.36. The molecule has 4 heteroatoms. The van der Waals surface area contributed by atoms with Crippen LogP contribution in [0.1, 0.15) is 26.3 Å². The van der Waals surface area contributed by atoms with Gasteiger partial charge in [0.2, 0.25) is 0 Å². The average molecular weight is 261 g/mol. The standard InChI is InChI=1S/C14H19N3S/c1-4-11-8-12-6-5-7-15-13(12)17(14(11)18)16-9-10(2)3/h5-8,10,16H,4,9H2,1-3H3.